The average molecular weight is 837 g/mol. The molecule has 0 N–H and O–H groups in total. The van der Waals surface area contributed by atoms with Crippen LogP contribution in [-0.4, -0.2) is 19.9 Å². The predicted octanol–water partition coefficient (Wildman–Crippen LogP) is 14.9. The number of hydrogen-bond acceptors (Lipinski definition) is 4. The highest BCUT2D eigenvalue weighted by atomic mass is 32.3. The van der Waals surface area contributed by atoms with Crippen LogP contribution in [0.5, 0.6) is 0 Å². The van der Waals surface area contributed by atoms with Gasteiger partial charge in [0, 0.05) is 53.0 Å². The SMILES string of the molecule is Fc1cccc(-c2cc(-c3cccc(S(c4ccccc4)(c4ccccc4)c4cccc(-c5cc(-c6cccc(F)c6)nc(-c6ccccc6)n5)c4)c3)nc(-c3ccccc3)n2)c1. The van der Waals surface area contributed by atoms with Gasteiger partial charge in [-0.1, -0.05) is 146 Å². The normalized spacial score (nSPS) is 11.6. The standard InChI is InChI=1S/C56H38F2N4S/c57-45-25-13-21-41(33-45)51-37-53(61-55(59-51)39-17-5-1-6-18-39)43-23-15-31-49(35-43)63(47-27-9-3-10-28-47,48-29-11-4-12-30-48)50-32-16-24-44(36-50)54-38-52(42-22-14-26-46(58)34-42)60-56(62-54)40-19-7-2-8-20-40/h1-38H. The van der Waals surface area contributed by atoms with E-state index in [1.807, 2.05) is 97.1 Å². The van der Waals surface area contributed by atoms with Gasteiger partial charge in [-0.2, -0.15) is 0 Å². The first-order valence-corrected chi connectivity index (χ1v) is 22.2. The molecule has 0 spiro atoms. The van der Waals surface area contributed by atoms with Crippen LogP contribution in [0.2, 0.25) is 0 Å². The van der Waals surface area contributed by atoms with E-state index in [9.17, 15) is 8.78 Å². The van der Waals surface area contributed by atoms with Crippen LogP contribution < -0.4 is 0 Å². The van der Waals surface area contributed by atoms with E-state index in [0.29, 0.717) is 45.6 Å². The molecule has 63 heavy (non-hydrogen) atoms. The van der Waals surface area contributed by atoms with E-state index in [2.05, 4.69) is 97.1 Å². The Bertz CT molecular complexity index is 2980. The van der Waals surface area contributed by atoms with E-state index in [0.717, 1.165) is 41.8 Å². The smallest absolute Gasteiger partial charge is 0.160 e. The van der Waals surface area contributed by atoms with Gasteiger partial charge in [-0.3, -0.25) is 0 Å². The largest absolute Gasteiger partial charge is 0.228 e. The molecular formula is C56H38F2N4S. The first-order chi connectivity index (χ1) is 31.0. The molecule has 4 nitrogen and oxygen atoms in total. The van der Waals surface area contributed by atoms with Crippen molar-refractivity contribution in [1.82, 2.24) is 19.9 Å². The molecule has 0 saturated heterocycles. The lowest BCUT2D eigenvalue weighted by molar-refractivity contribution is 0.628. The fourth-order valence-corrected chi connectivity index (χ4v) is 11.9. The van der Waals surface area contributed by atoms with Crippen LogP contribution in [0.4, 0.5) is 8.78 Å². The average Bonchev–Trinajstić information content (AvgIpc) is 3.35. The van der Waals surface area contributed by atoms with Gasteiger partial charge in [0.05, 0.1) is 22.8 Å². The molecule has 0 saturated carbocycles. The van der Waals surface area contributed by atoms with Crippen molar-refractivity contribution < 1.29 is 8.78 Å². The molecule has 0 atom stereocenters. The minimum Gasteiger partial charge on any atom is -0.228 e. The Labute approximate surface area is 366 Å². The zero-order chi connectivity index (χ0) is 42.6. The van der Waals surface area contributed by atoms with Crippen LogP contribution in [0.15, 0.2) is 250 Å². The summed E-state index contributed by atoms with van der Waals surface area (Å²) in [7, 11) is -2.22. The van der Waals surface area contributed by atoms with Crippen LogP contribution >= 0.6 is 10.0 Å². The van der Waals surface area contributed by atoms with Gasteiger partial charge in [0.15, 0.2) is 11.6 Å². The van der Waals surface area contributed by atoms with Crippen molar-refractivity contribution in [1.29, 1.82) is 0 Å². The van der Waals surface area contributed by atoms with Crippen molar-refractivity contribution in [2.45, 2.75) is 19.6 Å². The fourth-order valence-electron chi connectivity index (χ4n) is 7.97. The molecule has 0 aliphatic rings. The van der Waals surface area contributed by atoms with Crippen molar-refractivity contribution in [3.05, 3.63) is 242 Å². The molecule has 0 aliphatic heterocycles. The summed E-state index contributed by atoms with van der Waals surface area (Å²) < 4.78 is 29.3. The molecule has 0 radical (unpaired) electrons. The molecule has 0 bridgehead atoms. The van der Waals surface area contributed by atoms with Gasteiger partial charge < -0.3 is 0 Å². The summed E-state index contributed by atoms with van der Waals surface area (Å²) in [6.07, 6.45) is 0. The van der Waals surface area contributed by atoms with Gasteiger partial charge in [0.25, 0.3) is 0 Å². The molecule has 302 valence electrons. The molecule has 2 aromatic heterocycles. The Kier molecular flexibility index (Phi) is 10.8. The van der Waals surface area contributed by atoms with Gasteiger partial charge in [0.2, 0.25) is 0 Å². The Morgan fingerprint density at radius 1 is 0.254 bits per heavy atom. The Morgan fingerprint density at radius 2 is 0.540 bits per heavy atom. The minimum absolute atomic E-state index is 0.333. The third kappa shape index (κ3) is 7.94. The number of aromatic nitrogens is 4. The van der Waals surface area contributed by atoms with E-state index in [4.69, 9.17) is 19.9 Å². The van der Waals surface area contributed by atoms with Gasteiger partial charge in [-0.05, 0) is 84.9 Å². The second kappa shape index (κ2) is 17.2. The Morgan fingerprint density at radius 3 is 0.889 bits per heavy atom. The Balaban J connectivity index is 1.20. The summed E-state index contributed by atoms with van der Waals surface area (Å²) in [6, 6.07) is 75.2. The molecule has 0 unspecified atom stereocenters. The second-order valence-corrected chi connectivity index (χ2v) is 18.1. The van der Waals surface area contributed by atoms with Crippen molar-refractivity contribution in [3.63, 3.8) is 0 Å². The van der Waals surface area contributed by atoms with Crippen LogP contribution in [0.1, 0.15) is 0 Å². The maximum atomic E-state index is 14.7. The van der Waals surface area contributed by atoms with Gasteiger partial charge in [0.1, 0.15) is 11.6 Å². The maximum Gasteiger partial charge on any atom is 0.160 e. The van der Waals surface area contributed by atoms with E-state index in [1.54, 1.807) is 12.1 Å². The monoisotopic (exact) mass is 836 g/mol. The van der Waals surface area contributed by atoms with Crippen LogP contribution in [0, 0.1) is 11.6 Å². The lowest BCUT2D eigenvalue weighted by Gasteiger charge is -2.42. The molecule has 8 aromatic carbocycles. The zero-order valence-corrected chi connectivity index (χ0v) is 34.7. The first-order valence-electron chi connectivity index (χ1n) is 20.6. The molecule has 7 heteroatoms. The quantitative estimate of drug-likeness (QED) is 0.138. The summed E-state index contributed by atoms with van der Waals surface area (Å²) in [4.78, 5) is 24.7. The first kappa shape index (κ1) is 39.3. The summed E-state index contributed by atoms with van der Waals surface area (Å²) in [5.74, 6) is 0.432. The maximum absolute atomic E-state index is 14.7. The lowest BCUT2D eigenvalue weighted by Crippen LogP contribution is -2.06. The van der Waals surface area contributed by atoms with Crippen LogP contribution in [0.25, 0.3) is 67.8 Å². The van der Waals surface area contributed by atoms with E-state index >= 15 is 0 Å². The van der Waals surface area contributed by atoms with E-state index in [-0.39, 0.29) is 11.6 Å². The van der Waals surface area contributed by atoms with Crippen LogP contribution in [-0.2, 0) is 0 Å². The highest BCUT2D eigenvalue weighted by Gasteiger charge is 2.34. The molecule has 0 fully saturated rings. The van der Waals surface area contributed by atoms with Crippen molar-refractivity contribution in [3.8, 4) is 67.8 Å². The van der Waals surface area contributed by atoms with Gasteiger partial charge in [-0.15, -0.1) is 10.0 Å². The molecule has 10 rings (SSSR count). The third-order valence-corrected chi connectivity index (χ3v) is 14.8. The number of benzene rings is 8. The minimum atomic E-state index is -2.22. The Hall–Kier alpha value is -7.87. The highest BCUT2D eigenvalue weighted by molar-refractivity contribution is 8.34. The molecule has 0 amide bonds. The predicted molar refractivity (Wildman–Crippen MR) is 250 cm³/mol. The van der Waals surface area contributed by atoms with Gasteiger partial charge in [-0.25, -0.2) is 28.7 Å². The molecule has 2 heterocycles. The summed E-state index contributed by atoms with van der Waals surface area (Å²) >= 11 is 0. The summed E-state index contributed by atoms with van der Waals surface area (Å²) in [5, 5.41) is 0. The zero-order valence-electron chi connectivity index (χ0n) is 33.9. The molecule has 10 aromatic rings. The molecule has 0 aliphatic carbocycles. The number of nitrogens with zero attached hydrogens (tertiary/aromatic N) is 4. The summed E-state index contributed by atoms with van der Waals surface area (Å²) in [6.45, 7) is 0. The third-order valence-electron chi connectivity index (χ3n) is 10.9. The highest BCUT2D eigenvalue weighted by Crippen LogP contribution is 2.73. The number of rotatable bonds is 10. The van der Waals surface area contributed by atoms with Crippen molar-refractivity contribution in [2.75, 3.05) is 0 Å². The fraction of sp³-hybridized carbons (Fsp3) is 0. The number of halogens is 2. The van der Waals surface area contributed by atoms with Crippen LogP contribution in [0.3, 0.4) is 0 Å². The number of hydrogen-bond donors (Lipinski definition) is 0. The lowest BCUT2D eigenvalue weighted by atomic mass is 10.1. The summed E-state index contributed by atoms with van der Waals surface area (Å²) in [5.41, 5.74) is 7.52. The van der Waals surface area contributed by atoms with E-state index in [1.165, 1.54) is 24.3 Å². The molecular weight excluding hydrogens is 799 g/mol. The van der Waals surface area contributed by atoms with Crippen molar-refractivity contribution in [2.24, 2.45) is 0 Å². The van der Waals surface area contributed by atoms with Gasteiger partial charge >= 0.3 is 0 Å². The van der Waals surface area contributed by atoms with Crippen molar-refractivity contribution >= 4 is 10.0 Å². The van der Waals surface area contributed by atoms with E-state index < -0.39 is 10.0 Å². The second-order valence-electron chi connectivity index (χ2n) is 15.0. The topological polar surface area (TPSA) is 51.6 Å².